The Balaban J connectivity index is 1.62. The molecule has 0 fully saturated rings. The van der Waals surface area contributed by atoms with E-state index in [-0.39, 0.29) is 5.91 Å². The van der Waals surface area contributed by atoms with Crippen molar-refractivity contribution in [3.63, 3.8) is 0 Å². The van der Waals surface area contributed by atoms with Gasteiger partial charge in [0.1, 0.15) is 17.6 Å². The molecule has 1 atom stereocenters. The zero-order valence-electron chi connectivity index (χ0n) is 17.5. The first-order valence-electron chi connectivity index (χ1n) is 9.89. The maximum atomic E-state index is 13.1. The van der Waals surface area contributed by atoms with Crippen molar-refractivity contribution < 1.29 is 18.7 Å². The monoisotopic (exact) mass is 447 g/mol. The van der Waals surface area contributed by atoms with E-state index in [0.29, 0.717) is 39.2 Å². The zero-order valence-corrected chi connectivity index (χ0v) is 18.3. The number of ether oxygens (including phenoxy) is 1. The summed E-state index contributed by atoms with van der Waals surface area (Å²) in [6, 6.07) is 19.2. The van der Waals surface area contributed by atoms with Crippen LogP contribution in [0, 0.1) is 0 Å². The number of hydrogen-bond acceptors (Lipinski definition) is 5. The molecule has 3 N–H and O–H groups in total. The molecule has 1 aromatic heterocycles. The summed E-state index contributed by atoms with van der Waals surface area (Å²) in [5.41, 5.74) is 3.05. The van der Waals surface area contributed by atoms with Crippen molar-refractivity contribution in [1.29, 1.82) is 0 Å². The van der Waals surface area contributed by atoms with Gasteiger partial charge in [0.15, 0.2) is 5.11 Å². The van der Waals surface area contributed by atoms with Gasteiger partial charge < -0.3 is 25.1 Å². The van der Waals surface area contributed by atoms with E-state index in [2.05, 4.69) is 16.0 Å². The van der Waals surface area contributed by atoms with Crippen LogP contribution in [0.3, 0.4) is 0 Å². The number of esters is 1. The van der Waals surface area contributed by atoms with Crippen molar-refractivity contribution in [2.45, 2.75) is 13.0 Å². The standard InChI is InChI=1S/C24H21N3O4S/c1-14-20(22(28)26-17-6-4-3-5-7-17)21(27-24(32)25-14)19-13-12-18(31-19)15-8-10-16(11-9-15)23(29)30-2/h3-13,21H,1-2H3,(H,26,28)(H2,25,27,32)/t21-/m0/s1. The third-order valence-electron chi connectivity index (χ3n) is 5.05. The molecule has 0 saturated heterocycles. The summed E-state index contributed by atoms with van der Waals surface area (Å²) >= 11 is 5.31. The lowest BCUT2D eigenvalue weighted by Gasteiger charge is -2.28. The molecule has 7 nitrogen and oxygen atoms in total. The van der Waals surface area contributed by atoms with E-state index >= 15 is 0 Å². The van der Waals surface area contributed by atoms with Crippen LogP contribution in [0.5, 0.6) is 0 Å². The van der Waals surface area contributed by atoms with E-state index in [0.717, 1.165) is 5.56 Å². The highest BCUT2D eigenvalue weighted by Crippen LogP contribution is 2.32. The van der Waals surface area contributed by atoms with Gasteiger partial charge in [-0.25, -0.2) is 4.79 Å². The fourth-order valence-electron chi connectivity index (χ4n) is 3.48. The van der Waals surface area contributed by atoms with Crippen molar-refractivity contribution >= 4 is 34.9 Å². The second-order valence-corrected chi connectivity index (χ2v) is 7.57. The number of hydrogen-bond donors (Lipinski definition) is 3. The van der Waals surface area contributed by atoms with Crippen LogP contribution in [-0.2, 0) is 9.53 Å². The molecule has 3 aromatic rings. The van der Waals surface area contributed by atoms with Crippen LogP contribution >= 0.6 is 12.2 Å². The van der Waals surface area contributed by atoms with E-state index in [4.69, 9.17) is 21.4 Å². The first-order valence-corrected chi connectivity index (χ1v) is 10.3. The number of anilines is 1. The molecule has 1 aliphatic rings. The summed E-state index contributed by atoms with van der Waals surface area (Å²) in [4.78, 5) is 24.7. The van der Waals surface area contributed by atoms with Crippen LogP contribution in [-0.4, -0.2) is 24.1 Å². The lowest BCUT2D eigenvalue weighted by atomic mass is 10.00. The van der Waals surface area contributed by atoms with Crippen molar-refractivity contribution in [2.24, 2.45) is 0 Å². The van der Waals surface area contributed by atoms with Gasteiger partial charge >= 0.3 is 5.97 Å². The maximum absolute atomic E-state index is 13.1. The van der Waals surface area contributed by atoms with Crippen LogP contribution < -0.4 is 16.0 Å². The van der Waals surface area contributed by atoms with Crippen LogP contribution in [0.25, 0.3) is 11.3 Å². The second kappa shape index (κ2) is 9.07. The lowest BCUT2D eigenvalue weighted by molar-refractivity contribution is -0.113. The number of furan rings is 1. The summed E-state index contributed by atoms with van der Waals surface area (Å²) in [5.74, 6) is 0.474. The number of thiocarbonyl (C=S) groups is 1. The molecule has 8 heteroatoms. The number of benzene rings is 2. The molecular weight excluding hydrogens is 426 g/mol. The van der Waals surface area contributed by atoms with Crippen molar-refractivity contribution in [3.8, 4) is 11.3 Å². The molecule has 162 valence electrons. The molecule has 32 heavy (non-hydrogen) atoms. The summed E-state index contributed by atoms with van der Waals surface area (Å²) in [6.07, 6.45) is 0. The van der Waals surface area contributed by atoms with E-state index in [1.54, 1.807) is 37.3 Å². The van der Waals surface area contributed by atoms with E-state index in [9.17, 15) is 9.59 Å². The Bertz CT molecular complexity index is 1200. The molecule has 0 bridgehead atoms. The number of para-hydroxylation sites is 1. The van der Waals surface area contributed by atoms with E-state index < -0.39 is 12.0 Å². The molecule has 0 unspecified atom stereocenters. The Morgan fingerprint density at radius 2 is 1.75 bits per heavy atom. The molecule has 0 radical (unpaired) electrons. The molecule has 1 amide bonds. The predicted octanol–water partition coefficient (Wildman–Crippen LogP) is 4.16. The Morgan fingerprint density at radius 1 is 1.03 bits per heavy atom. The fourth-order valence-corrected chi connectivity index (χ4v) is 3.75. The Morgan fingerprint density at radius 3 is 2.44 bits per heavy atom. The highest BCUT2D eigenvalue weighted by molar-refractivity contribution is 7.80. The SMILES string of the molecule is COC(=O)c1ccc(-c2ccc([C@@H]3NC(=S)NC(C)=C3C(=O)Nc3ccccc3)o2)cc1. The predicted molar refractivity (Wildman–Crippen MR) is 125 cm³/mol. The number of allylic oxidation sites excluding steroid dienone is 1. The summed E-state index contributed by atoms with van der Waals surface area (Å²) in [7, 11) is 1.34. The van der Waals surface area contributed by atoms with Gasteiger partial charge in [-0.1, -0.05) is 30.3 Å². The van der Waals surface area contributed by atoms with Crippen LogP contribution in [0.2, 0.25) is 0 Å². The zero-order chi connectivity index (χ0) is 22.7. The first kappa shape index (κ1) is 21.3. The van der Waals surface area contributed by atoms with Gasteiger partial charge in [-0.3, -0.25) is 4.79 Å². The number of carbonyl (C=O) groups excluding carboxylic acids is 2. The van der Waals surface area contributed by atoms with Crippen LogP contribution in [0.1, 0.15) is 29.1 Å². The molecule has 0 aliphatic carbocycles. The largest absolute Gasteiger partial charge is 0.465 e. The maximum Gasteiger partial charge on any atom is 0.337 e. The third-order valence-corrected chi connectivity index (χ3v) is 5.27. The van der Waals surface area contributed by atoms with Gasteiger partial charge in [-0.15, -0.1) is 0 Å². The van der Waals surface area contributed by atoms with Gasteiger partial charge in [0.05, 0.1) is 18.2 Å². The van der Waals surface area contributed by atoms with E-state index in [1.165, 1.54) is 7.11 Å². The highest BCUT2D eigenvalue weighted by Gasteiger charge is 2.32. The lowest BCUT2D eigenvalue weighted by Crippen LogP contribution is -2.45. The minimum absolute atomic E-state index is 0.262. The Kier molecular flexibility index (Phi) is 6.04. The van der Waals surface area contributed by atoms with Gasteiger partial charge in [0.25, 0.3) is 5.91 Å². The minimum atomic E-state index is -0.560. The quantitative estimate of drug-likeness (QED) is 0.399. The molecular formula is C24H21N3O4S. The number of carbonyl (C=O) groups is 2. The molecule has 4 rings (SSSR count). The fraction of sp³-hybridized carbons (Fsp3) is 0.125. The highest BCUT2D eigenvalue weighted by atomic mass is 32.1. The number of rotatable bonds is 5. The average Bonchev–Trinajstić information content (AvgIpc) is 3.29. The molecule has 0 spiro atoms. The van der Waals surface area contributed by atoms with E-state index in [1.807, 2.05) is 36.4 Å². The molecule has 1 aliphatic heterocycles. The third kappa shape index (κ3) is 4.40. The summed E-state index contributed by atoms with van der Waals surface area (Å²) in [5, 5.41) is 9.45. The number of nitrogens with one attached hydrogen (secondary N) is 3. The Labute approximate surface area is 190 Å². The molecule has 2 aromatic carbocycles. The average molecular weight is 448 g/mol. The molecule has 0 saturated carbocycles. The van der Waals surface area contributed by atoms with Gasteiger partial charge in [-0.2, -0.15) is 0 Å². The minimum Gasteiger partial charge on any atom is -0.465 e. The van der Waals surface area contributed by atoms with Gasteiger partial charge in [0.2, 0.25) is 0 Å². The smallest absolute Gasteiger partial charge is 0.337 e. The van der Waals surface area contributed by atoms with Crippen molar-refractivity contribution in [2.75, 3.05) is 12.4 Å². The number of methoxy groups -OCH3 is 1. The van der Waals surface area contributed by atoms with Crippen molar-refractivity contribution in [3.05, 3.63) is 89.3 Å². The van der Waals surface area contributed by atoms with Gasteiger partial charge in [-0.05, 0) is 55.5 Å². The number of amides is 1. The van der Waals surface area contributed by atoms with Crippen LogP contribution in [0.15, 0.2) is 82.4 Å². The second-order valence-electron chi connectivity index (χ2n) is 7.16. The first-order chi connectivity index (χ1) is 15.5. The van der Waals surface area contributed by atoms with Crippen molar-refractivity contribution in [1.82, 2.24) is 10.6 Å². The summed E-state index contributed by atoms with van der Waals surface area (Å²) < 4.78 is 10.8. The topological polar surface area (TPSA) is 92.6 Å². The van der Waals surface area contributed by atoms with Gasteiger partial charge in [0, 0.05) is 16.9 Å². The summed E-state index contributed by atoms with van der Waals surface area (Å²) in [6.45, 7) is 1.80. The normalized spacial score (nSPS) is 15.6. The Hall–Kier alpha value is -3.91. The van der Waals surface area contributed by atoms with Crippen LogP contribution in [0.4, 0.5) is 5.69 Å². The molecule has 2 heterocycles.